The van der Waals surface area contributed by atoms with Crippen LogP contribution in [0.3, 0.4) is 0 Å². The maximum absolute atomic E-state index is 15.1. The lowest BCUT2D eigenvalue weighted by Crippen LogP contribution is -2.03. The van der Waals surface area contributed by atoms with Crippen LogP contribution in [-0.4, -0.2) is 25.6 Å². The van der Waals surface area contributed by atoms with Crippen molar-refractivity contribution in [1.82, 2.24) is 14.5 Å². The number of imidazole rings is 1. The van der Waals surface area contributed by atoms with Gasteiger partial charge in [0.2, 0.25) is 5.88 Å². The highest BCUT2D eigenvalue weighted by atomic mass is 19.1. The number of benzene rings is 3. The fourth-order valence-corrected chi connectivity index (χ4v) is 4.19. The summed E-state index contributed by atoms with van der Waals surface area (Å²) >= 11 is 0. The van der Waals surface area contributed by atoms with Crippen LogP contribution in [0.4, 0.5) is 13.2 Å². The van der Waals surface area contributed by atoms with Crippen molar-refractivity contribution >= 4 is 17.0 Å². The van der Waals surface area contributed by atoms with Crippen LogP contribution in [0.5, 0.6) is 5.88 Å². The molecule has 9 heteroatoms. The largest absolute Gasteiger partial charge is 0.478 e. The molecule has 0 radical (unpaired) electrons. The highest BCUT2D eigenvalue weighted by molar-refractivity contribution is 5.92. The van der Waals surface area contributed by atoms with E-state index in [1.807, 2.05) is 0 Å². The molecule has 0 aliphatic rings. The SMILES string of the molecule is Cc1ccc(COc2cccc(-c3cc(F)c(Cc4nc5ccc(C(=O)O)cc5n4C)cc3F)n2)c(F)c1. The average Bonchev–Trinajstić information content (AvgIpc) is 3.20. The summed E-state index contributed by atoms with van der Waals surface area (Å²) in [6, 6.07) is 16.2. The number of ether oxygens (including phenoxy) is 1. The van der Waals surface area contributed by atoms with Gasteiger partial charge >= 0.3 is 5.97 Å². The number of aryl methyl sites for hydroxylation is 2. The third-order valence-electron chi connectivity index (χ3n) is 6.29. The van der Waals surface area contributed by atoms with Gasteiger partial charge in [-0.2, -0.15) is 0 Å². The minimum Gasteiger partial charge on any atom is -0.478 e. The van der Waals surface area contributed by atoms with E-state index >= 15 is 8.78 Å². The number of nitrogens with zero attached hydrogens (tertiary/aromatic N) is 3. The van der Waals surface area contributed by atoms with Crippen LogP contribution in [0, 0.1) is 24.4 Å². The molecular weight excluding hydrogens is 495 g/mol. The Morgan fingerprint density at radius 3 is 2.47 bits per heavy atom. The number of fused-ring (bicyclic) bond motifs is 1. The predicted octanol–water partition coefficient (Wildman–Crippen LogP) is 6.23. The van der Waals surface area contributed by atoms with Gasteiger partial charge in [0, 0.05) is 30.7 Å². The van der Waals surface area contributed by atoms with E-state index in [2.05, 4.69) is 9.97 Å². The Hall–Kier alpha value is -4.66. The fourth-order valence-electron chi connectivity index (χ4n) is 4.19. The molecule has 192 valence electrons. The highest BCUT2D eigenvalue weighted by Gasteiger charge is 2.17. The minimum absolute atomic E-state index is 0.00465. The second kappa shape index (κ2) is 10.0. The van der Waals surface area contributed by atoms with Gasteiger partial charge in [0.05, 0.1) is 22.3 Å². The van der Waals surface area contributed by atoms with Gasteiger partial charge in [-0.25, -0.2) is 27.9 Å². The number of carbonyl (C=O) groups is 1. The first-order valence-corrected chi connectivity index (χ1v) is 11.7. The topological polar surface area (TPSA) is 77.2 Å². The normalized spacial score (nSPS) is 11.2. The lowest BCUT2D eigenvalue weighted by atomic mass is 10.0. The zero-order valence-corrected chi connectivity index (χ0v) is 20.5. The molecule has 38 heavy (non-hydrogen) atoms. The average molecular weight is 518 g/mol. The van der Waals surface area contributed by atoms with Crippen molar-refractivity contribution in [2.24, 2.45) is 7.05 Å². The van der Waals surface area contributed by atoms with Crippen LogP contribution in [0.2, 0.25) is 0 Å². The number of halogens is 3. The maximum atomic E-state index is 15.1. The quantitative estimate of drug-likeness (QED) is 0.277. The first-order valence-electron chi connectivity index (χ1n) is 11.7. The Morgan fingerprint density at radius 1 is 0.921 bits per heavy atom. The van der Waals surface area contributed by atoms with Gasteiger partial charge < -0.3 is 14.4 Å². The second-order valence-corrected chi connectivity index (χ2v) is 8.94. The van der Waals surface area contributed by atoms with Crippen molar-refractivity contribution in [1.29, 1.82) is 0 Å². The Labute approximate surface area is 216 Å². The Morgan fingerprint density at radius 2 is 1.71 bits per heavy atom. The lowest BCUT2D eigenvalue weighted by molar-refractivity contribution is 0.0697. The van der Waals surface area contributed by atoms with Gasteiger partial charge in [-0.3, -0.25) is 0 Å². The van der Waals surface area contributed by atoms with E-state index in [0.717, 1.165) is 17.7 Å². The van der Waals surface area contributed by atoms with Crippen molar-refractivity contribution in [2.45, 2.75) is 20.0 Å². The first kappa shape index (κ1) is 25.0. The number of pyridine rings is 1. The standard InChI is InChI=1S/C29H22F3N3O3/c1-16-6-7-18(21(30)10-16)15-38-28-5-3-4-24(34-28)20-14-22(31)19(11-23(20)32)13-27-33-25-9-8-17(29(36)37)12-26(25)35(27)2/h3-12,14H,13,15H2,1-2H3,(H,36,37). The number of rotatable bonds is 7. The first-order chi connectivity index (χ1) is 18.2. The van der Waals surface area contributed by atoms with Crippen molar-refractivity contribution in [3.63, 3.8) is 0 Å². The zero-order chi connectivity index (χ0) is 27.0. The molecule has 0 saturated carbocycles. The van der Waals surface area contributed by atoms with Crippen LogP contribution >= 0.6 is 0 Å². The van der Waals surface area contributed by atoms with E-state index in [9.17, 15) is 14.3 Å². The van der Waals surface area contributed by atoms with Crippen LogP contribution in [0.25, 0.3) is 22.3 Å². The Kier molecular flexibility index (Phi) is 6.59. The molecule has 2 heterocycles. The summed E-state index contributed by atoms with van der Waals surface area (Å²) in [6.45, 7) is 1.72. The second-order valence-electron chi connectivity index (χ2n) is 8.94. The molecule has 5 aromatic rings. The molecule has 3 aromatic carbocycles. The molecule has 2 aromatic heterocycles. The van der Waals surface area contributed by atoms with Gasteiger partial charge in [0.25, 0.3) is 0 Å². The van der Waals surface area contributed by atoms with E-state index in [4.69, 9.17) is 4.74 Å². The highest BCUT2D eigenvalue weighted by Crippen LogP contribution is 2.28. The third kappa shape index (κ3) is 4.95. The smallest absolute Gasteiger partial charge is 0.335 e. The summed E-state index contributed by atoms with van der Waals surface area (Å²) in [5, 5.41) is 9.23. The number of carboxylic acids is 1. The lowest BCUT2D eigenvalue weighted by Gasteiger charge is -2.11. The van der Waals surface area contributed by atoms with Crippen molar-refractivity contribution in [3.05, 3.63) is 112 Å². The van der Waals surface area contributed by atoms with Crippen LogP contribution in [-0.2, 0) is 20.1 Å². The monoisotopic (exact) mass is 517 g/mol. The molecule has 1 N–H and O–H groups in total. The van der Waals surface area contributed by atoms with Crippen LogP contribution in [0.15, 0.2) is 66.7 Å². The summed E-state index contributed by atoms with van der Waals surface area (Å²) in [5.41, 5.74) is 2.58. The van der Waals surface area contributed by atoms with Gasteiger partial charge in [-0.1, -0.05) is 18.2 Å². The molecule has 6 nitrogen and oxygen atoms in total. The maximum Gasteiger partial charge on any atom is 0.335 e. The summed E-state index contributed by atoms with van der Waals surface area (Å²) in [6.07, 6.45) is -0.00465. The number of hydrogen-bond acceptors (Lipinski definition) is 4. The van der Waals surface area contributed by atoms with E-state index in [0.29, 0.717) is 22.4 Å². The van der Waals surface area contributed by atoms with Gasteiger partial charge in [-0.05, 0) is 60.5 Å². The zero-order valence-electron chi connectivity index (χ0n) is 20.5. The Balaban J connectivity index is 1.38. The summed E-state index contributed by atoms with van der Waals surface area (Å²) in [7, 11) is 1.69. The number of carboxylic acid groups (broad SMARTS) is 1. The van der Waals surface area contributed by atoms with Crippen molar-refractivity contribution < 1.29 is 27.8 Å². The molecule has 0 bridgehead atoms. The van der Waals surface area contributed by atoms with E-state index in [-0.39, 0.29) is 41.3 Å². The molecule has 0 aliphatic carbocycles. The predicted molar refractivity (Wildman–Crippen MR) is 136 cm³/mol. The molecule has 0 saturated heterocycles. The van der Waals surface area contributed by atoms with E-state index in [1.54, 1.807) is 48.9 Å². The van der Waals surface area contributed by atoms with E-state index in [1.165, 1.54) is 24.3 Å². The molecule has 5 rings (SSSR count). The summed E-state index contributed by atoms with van der Waals surface area (Å²) < 4.78 is 51.6. The molecule has 0 fully saturated rings. The molecular formula is C29H22F3N3O3. The van der Waals surface area contributed by atoms with E-state index < -0.39 is 23.4 Å². The van der Waals surface area contributed by atoms with Gasteiger partial charge in [0.15, 0.2) is 0 Å². The molecule has 0 atom stereocenters. The van der Waals surface area contributed by atoms with Crippen molar-refractivity contribution in [2.75, 3.05) is 0 Å². The third-order valence-corrected chi connectivity index (χ3v) is 6.29. The van der Waals surface area contributed by atoms with Gasteiger partial charge in [-0.15, -0.1) is 0 Å². The molecule has 0 amide bonds. The van der Waals surface area contributed by atoms with Gasteiger partial charge in [0.1, 0.15) is 29.9 Å². The molecule has 0 aliphatic heterocycles. The fraction of sp³-hybridized carbons (Fsp3) is 0.138. The Bertz CT molecular complexity index is 1700. The molecule has 0 spiro atoms. The van der Waals surface area contributed by atoms with Crippen LogP contribution in [0.1, 0.15) is 32.9 Å². The minimum atomic E-state index is -1.07. The summed E-state index contributed by atoms with van der Waals surface area (Å²) in [5.74, 6) is -2.19. The van der Waals surface area contributed by atoms with Crippen molar-refractivity contribution in [3.8, 4) is 17.1 Å². The number of aromatic nitrogens is 3. The molecule has 0 unspecified atom stereocenters. The number of hydrogen-bond donors (Lipinski definition) is 1. The number of aromatic carboxylic acids is 1. The summed E-state index contributed by atoms with van der Waals surface area (Å²) in [4.78, 5) is 20.0. The van der Waals surface area contributed by atoms with Crippen LogP contribution < -0.4 is 4.74 Å².